The number of rotatable bonds is 3. The van der Waals surface area contributed by atoms with E-state index in [1.807, 2.05) is 12.1 Å². The predicted molar refractivity (Wildman–Crippen MR) is 71.0 cm³/mol. The molecule has 0 N–H and O–H groups in total. The third-order valence-corrected chi connectivity index (χ3v) is 2.85. The van der Waals surface area contributed by atoms with Crippen LogP contribution in [0.5, 0.6) is 0 Å². The summed E-state index contributed by atoms with van der Waals surface area (Å²) in [5.41, 5.74) is 1.42. The molecule has 0 unspecified atom stereocenters. The summed E-state index contributed by atoms with van der Waals surface area (Å²) in [4.78, 5) is 24.9. The average molecular weight is 260 g/mol. The first-order valence-corrected chi connectivity index (χ1v) is 5.88. The van der Waals surface area contributed by atoms with Crippen molar-refractivity contribution in [3.63, 3.8) is 0 Å². The Labute approximate surface area is 110 Å². The monoisotopic (exact) mass is 260 g/mol. The maximum absolute atomic E-state index is 11.7. The fraction of sp³-hybridized carbons (Fsp3) is 0.308. The lowest BCUT2D eigenvalue weighted by molar-refractivity contribution is 0.0827. The first-order chi connectivity index (χ1) is 8.99. The van der Waals surface area contributed by atoms with Crippen molar-refractivity contribution in [2.24, 2.45) is 7.05 Å². The third kappa shape index (κ3) is 2.73. The fourth-order valence-corrected chi connectivity index (χ4v) is 1.74. The zero-order valence-corrected chi connectivity index (χ0v) is 11.2. The van der Waals surface area contributed by atoms with Gasteiger partial charge in [-0.3, -0.25) is 9.36 Å². The van der Waals surface area contributed by atoms with Crippen LogP contribution in [0.4, 0.5) is 0 Å². The van der Waals surface area contributed by atoms with Crippen molar-refractivity contribution in [1.82, 2.24) is 19.2 Å². The molecular weight excluding hydrogens is 244 g/mol. The van der Waals surface area contributed by atoms with Crippen molar-refractivity contribution >= 4 is 5.91 Å². The van der Waals surface area contributed by atoms with Gasteiger partial charge in [0.05, 0.1) is 6.54 Å². The van der Waals surface area contributed by atoms with Crippen LogP contribution in [0.2, 0.25) is 0 Å². The van der Waals surface area contributed by atoms with Crippen molar-refractivity contribution in [1.29, 1.82) is 0 Å². The van der Waals surface area contributed by atoms with E-state index >= 15 is 0 Å². The minimum Gasteiger partial charge on any atom is -0.345 e. The number of carbonyl (C=O) groups is 1. The van der Waals surface area contributed by atoms with Crippen LogP contribution in [0.1, 0.15) is 15.9 Å². The van der Waals surface area contributed by atoms with E-state index in [-0.39, 0.29) is 11.6 Å². The number of amides is 1. The quantitative estimate of drug-likeness (QED) is 0.799. The molecule has 1 aromatic carbocycles. The van der Waals surface area contributed by atoms with Crippen molar-refractivity contribution in [2.45, 2.75) is 6.54 Å². The number of carbonyl (C=O) groups excluding carboxylic acids is 1. The van der Waals surface area contributed by atoms with Crippen LogP contribution in [-0.4, -0.2) is 39.3 Å². The van der Waals surface area contributed by atoms with Gasteiger partial charge in [-0.05, 0) is 17.7 Å². The lowest BCUT2D eigenvalue weighted by Gasteiger charge is -2.10. The molecule has 0 aliphatic rings. The van der Waals surface area contributed by atoms with E-state index in [0.29, 0.717) is 12.1 Å². The Morgan fingerprint density at radius 1 is 1.26 bits per heavy atom. The Kier molecular flexibility index (Phi) is 3.50. The Morgan fingerprint density at radius 3 is 2.37 bits per heavy atom. The second-order valence-corrected chi connectivity index (χ2v) is 4.56. The maximum atomic E-state index is 11.7. The first kappa shape index (κ1) is 13.1. The van der Waals surface area contributed by atoms with Crippen LogP contribution >= 0.6 is 0 Å². The largest absolute Gasteiger partial charge is 0.345 e. The highest BCUT2D eigenvalue weighted by molar-refractivity contribution is 5.93. The summed E-state index contributed by atoms with van der Waals surface area (Å²) in [6, 6.07) is 7.21. The van der Waals surface area contributed by atoms with E-state index in [0.717, 1.165) is 5.56 Å². The highest BCUT2D eigenvalue weighted by atomic mass is 16.2. The number of hydrogen-bond acceptors (Lipinski definition) is 3. The summed E-state index contributed by atoms with van der Waals surface area (Å²) >= 11 is 0. The Balaban J connectivity index is 2.18. The average Bonchev–Trinajstić information content (AvgIpc) is 2.71. The van der Waals surface area contributed by atoms with Gasteiger partial charge in [0, 0.05) is 26.7 Å². The van der Waals surface area contributed by atoms with Crippen molar-refractivity contribution in [2.75, 3.05) is 14.1 Å². The van der Waals surface area contributed by atoms with Crippen LogP contribution in [0.25, 0.3) is 0 Å². The van der Waals surface area contributed by atoms with Gasteiger partial charge in [0.15, 0.2) is 0 Å². The minimum absolute atomic E-state index is 0.0369. The Hall–Kier alpha value is -2.37. The van der Waals surface area contributed by atoms with Gasteiger partial charge in [-0.1, -0.05) is 12.1 Å². The van der Waals surface area contributed by atoms with Crippen molar-refractivity contribution in [3.8, 4) is 0 Å². The van der Waals surface area contributed by atoms with Gasteiger partial charge >= 0.3 is 5.69 Å². The van der Waals surface area contributed by atoms with E-state index in [1.54, 1.807) is 33.3 Å². The van der Waals surface area contributed by atoms with Crippen LogP contribution in [0.15, 0.2) is 35.4 Å². The maximum Gasteiger partial charge on any atom is 0.345 e. The number of benzene rings is 1. The van der Waals surface area contributed by atoms with Crippen molar-refractivity contribution in [3.05, 3.63) is 52.2 Å². The van der Waals surface area contributed by atoms with E-state index in [2.05, 4.69) is 5.10 Å². The van der Waals surface area contributed by atoms with Gasteiger partial charge < -0.3 is 4.90 Å². The van der Waals surface area contributed by atoms with Crippen LogP contribution in [0.3, 0.4) is 0 Å². The zero-order valence-electron chi connectivity index (χ0n) is 11.2. The fourth-order valence-electron chi connectivity index (χ4n) is 1.74. The SMILES string of the molecule is CN(C)C(=O)c1ccc(Cn2cnn(C)c2=O)cc1. The molecule has 0 aliphatic carbocycles. The van der Waals surface area contributed by atoms with Crippen LogP contribution in [0, 0.1) is 0 Å². The van der Waals surface area contributed by atoms with Crippen molar-refractivity contribution < 1.29 is 4.79 Å². The lowest BCUT2D eigenvalue weighted by Crippen LogP contribution is -2.23. The van der Waals surface area contributed by atoms with Gasteiger partial charge in [0.2, 0.25) is 0 Å². The molecule has 0 saturated carbocycles. The molecule has 0 fully saturated rings. The van der Waals surface area contributed by atoms with E-state index < -0.39 is 0 Å². The van der Waals surface area contributed by atoms with Crippen LogP contribution < -0.4 is 5.69 Å². The molecule has 0 aliphatic heterocycles. The summed E-state index contributed by atoms with van der Waals surface area (Å²) in [6.45, 7) is 0.448. The Morgan fingerprint density at radius 2 is 1.89 bits per heavy atom. The molecule has 1 aromatic heterocycles. The van der Waals surface area contributed by atoms with Gasteiger partial charge in [0.25, 0.3) is 5.91 Å². The van der Waals surface area contributed by atoms with E-state index in [1.165, 1.54) is 20.5 Å². The molecule has 6 nitrogen and oxygen atoms in total. The standard InChI is InChI=1S/C13H16N4O2/c1-15(2)12(18)11-6-4-10(5-7-11)8-17-9-14-16(3)13(17)19/h4-7,9H,8H2,1-3H3. The molecule has 0 atom stereocenters. The summed E-state index contributed by atoms with van der Waals surface area (Å²) in [5, 5.41) is 3.89. The highest BCUT2D eigenvalue weighted by Crippen LogP contribution is 2.07. The molecule has 19 heavy (non-hydrogen) atoms. The smallest absolute Gasteiger partial charge is 0.345 e. The van der Waals surface area contributed by atoms with E-state index in [9.17, 15) is 9.59 Å². The molecule has 0 spiro atoms. The van der Waals surface area contributed by atoms with Gasteiger partial charge in [-0.2, -0.15) is 5.10 Å². The molecule has 1 amide bonds. The summed E-state index contributed by atoms with van der Waals surface area (Å²) in [6.07, 6.45) is 1.50. The predicted octanol–water partition coefficient (Wildman–Crippen LogP) is 0.332. The lowest BCUT2D eigenvalue weighted by atomic mass is 10.1. The molecular formula is C13H16N4O2. The number of hydrogen-bond donors (Lipinski definition) is 0. The molecule has 100 valence electrons. The minimum atomic E-state index is -0.159. The molecule has 6 heteroatoms. The van der Waals surface area contributed by atoms with E-state index in [4.69, 9.17) is 0 Å². The second-order valence-electron chi connectivity index (χ2n) is 4.56. The first-order valence-electron chi connectivity index (χ1n) is 5.88. The molecule has 0 bridgehead atoms. The van der Waals surface area contributed by atoms with Gasteiger partial charge in [-0.15, -0.1) is 0 Å². The van der Waals surface area contributed by atoms with Crippen LogP contribution in [-0.2, 0) is 13.6 Å². The molecule has 2 rings (SSSR count). The highest BCUT2D eigenvalue weighted by Gasteiger charge is 2.08. The molecule has 1 heterocycles. The number of nitrogens with zero attached hydrogens (tertiary/aromatic N) is 4. The molecule has 2 aromatic rings. The molecule has 0 radical (unpaired) electrons. The molecule has 0 saturated heterocycles. The normalized spacial score (nSPS) is 10.5. The van der Waals surface area contributed by atoms with Gasteiger partial charge in [0.1, 0.15) is 6.33 Å². The number of aromatic nitrogens is 3. The summed E-state index contributed by atoms with van der Waals surface area (Å²) in [7, 11) is 5.04. The number of aryl methyl sites for hydroxylation is 1. The second kappa shape index (κ2) is 5.09. The van der Waals surface area contributed by atoms with Gasteiger partial charge in [-0.25, -0.2) is 9.48 Å². The Bertz CT molecular complexity index is 637. The third-order valence-electron chi connectivity index (χ3n) is 2.85. The topological polar surface area (TPSA) is 60.1 Å². The zero-order chi connectivity index (χ0) is 14.0. The summed E-state index contributed by atoms with van der Waals surface area (Å²) < 4.78 is 2.80. The summed E-state index contributed by atoms with van der Waals surface area (Å²) in [5.74, 6) is -0.0369.